The molecule has 1 aliphatic heterocycles. The first-order valence-electron chi connectivity index (χ1n) is 12.3. The van der Waals surface area contributed by atoms with E-state index in [1.807, 2.05) is 24.1 Å². The number of hydrogen-bond donors (Lipinski definition) is 3. The van der Waals surface area contributed by atoms with E-state index in [2.05, 4.69) is 31.8 Å². The molecule has 11 nitrogen and oxygen atoms in total. The van der Waals surface area contributed by atoms with E-state index in [-0.39, 0.29) is 12.1 Å². The van der Waals surface area contributed by atoms with Crippen molar-refractivity contribution in [3.05, 3.63) is 60.0 Å². The van der Waals surface area contributed by atoms with Crippen LogP contribution in [0.3, 0.4) is 0 Å². The SMILES string of the molecule is CN1CCOc2cc(Nc3cc(-c4ccc5cc(C#N)cnn45)ncc3C(=O)NCC(F)C(C)(C)O)cnc21. The van der Waals surface area contributed by atoms with Crippen LogP contribution in [0, 0.1) is 11.3 Å². The summed E-state index contributed by atoms with van der Waals surface area (Å²) in [4.78, 5) is 24.1. The van der Waals surface area contributed by atoms with Gasteiger partial charge in [-0.2, -0.15) is 10.4 Å². The number of ether oxygens (including phenoxy) is 1. The van der Waals surface area contributed by atoms with Gasteiger partial charge in [0, 0.05) is 19.3 Å². The summed E-state index contributed by atoms with van der Waals surface area (Å²) in [5.74, 6) is 0.750. The fourth-order valence-corrected chi connectivity index (χ4v) is 4.11. The number of carbonyl (C=O) groups is 1. The van der Waals surface area contributed by atoms with E-state index in [0.717, 1.165) is 6.54 Å². The van der Waals surface area contributed by atoms with Gasteiger partial charge in [-0.05, 0) is 38.1 Å². The highest BCUT2D eigenvalue weighted by Gasteiger charge is 2.27. The molecule has 0 fully saturated rings. The Kier molecular flexibility index (Phi) is 6.76. The summed E-state index contributed by atoms with van der Waals surface area (Å²) >= 11 is 0. The molecule has 4 aromatic rings. The number of fused-ring (bicyclic) bond motifs is 2. The van der Waals surface area contributed by atoms with Crippen molar-refractivity contribution in [3.8, 4) is 23.2 Å². The van der Waals surface area contributed by atoms with Crippen LogP contribution in [0.5, 0.6) is 5.75 Å². The maximum atomic E-state index is 14.3. The fourth-order valence-electron chi connectivity index (χ4n) is 4.11. The Morgan fingerprint density at radius 2 is 2.08 bits per heavy atom. The Morgan fingerprint density at radius 3 is 2.85 bits per heavy atom. The summed E-state index contributed by atoms with van der Waals surface area (Å²) in [6.45, 7) is 3.55. The molecule has 0 aliphatic carbocycles. The maximum Gasteiger partial charge on any atom is 0.255 e. The van der Waals surface area contributed by atoms with Crippen molar-refractivity contribution in [2.75, 3.05) is 37.0 Å². The molecule has 12 heteroatoms. The van der Waals surface area contributed by atoms with Crippen LogP contribution in [-0.4, -0.2) is 69.1 Å². The minimum Gasteiger partial charge on any atom is -0.488 e. The smallest absolute Gasteiger partial charge is 0.255 e. The van der Waals surface area contributed by atoms with Gasteiger partial charge in [-0.3, -0.25) is 9.78 Å². The number of anilines is 3. The average Bonchev–Trinajstić information content (AvgIpc) is 3.34. The quantitative estimate of drug-likeness (QED) is 0.329. The van der Waals surface area contributed by atoms with Crippen LogP contribution in [-0.2, 0) is 0 Å². The Hall–Kier alpha value is -4.76. The molecule has 1 amide bonds. The highest BCUT2D eigenvalue weighted by Crippen LogP contribution is 2.33. The Morgan fingerprint density at radius 1 is 1.26 bits per heavy atom. The number of carbonyl (C=O) groups excluding carboxylic acids is 1. The summed E-state index contributed by atoms with van der Waals surface area (Å²) in [5, 5.41) is 29.2. The summed E-state index contributed by atoms with van der Waals surface area (Å²) in [6.07, 6.45) is 2.82. The predicted octanol–water partition coefficient (Wildman–Crippen LogP) is 3.07. The third-order valence-corrected chi connectivity index (χ3v) is 6.41. The van der Waals surface area contributed by atoms with Gasteiger partial charge in [-0.15, -0.1) is 0 Å². The second-order valence-electron chi connectivity index (χ2n) is 9.80. The molecule has 0 radical (unpaired) electrons. The fraction of sp³-hybridized carbons (Fsp3) is 0.296. The summed E-state index contributed by atoms with van der Waals surface area (Å²) in [6, 6.07) is 10.9. The number of likely N-dealkylation sites (N-methyl/N-ethyl adjacent to an activating group) is 1. The van der Waals surface area contributed by atoms with E-state index in [4.69, 9.17) is 4.74 Å². The minimum absolute atomic E-state index is 0.165. The number of rotatable bonds is 7. The van der Waals surface area contributed by atoms with E-state index >= 15 is 0 Å². The van der Waals surface area contributed by atoms with Gasteiger partial charge in [0.25, 0.3) is 5.91 Å². The van der Waals surface area contributed by atoms with Gasteiger partial charge < -0.3 is 25.4 Å². The number of pyridine rings is 2. The zero-order valence-electron chi connectivity index (χ0n) is 21.6. The second-order valence-corrected chi connectivity index (χ2v) is 9.80. The summed E-state index contributed by atoms with van der Waals surface area (Å²) < 4.78 is 21.7. The minimum atomic E-state index is -1.67. The molecule has 0 saturated heterocycles. The first-order chi connectivity index (χ1) is 18.6. The Balaban J connectivity index is 1.51. The molecule has 200 valence electrons. The number of amides is 1. The van der Waals surface area contributed by atoms with Gasteiger partial charge in [0.15, 0.2) is 11.6 Å². The Labute approximate surface area is 223 Å². The van der Waals surface area contributed by atoms with Crippen molar-refractivity contribution in [2.24, 2.45) is 0 Å². The van der Waals surface area contributed by atoms with Gasteiger partial charge in [0.2, 0.25) is 0 Å². The third-order valence-electron chi connectivity index (χ3n) is 6.41. The number of hydrogen-bond acceptors (Lipinski definition) is 9. The van der Waals surface area contributed by atoms with Crippen LogP contribution in [0.2, 0.25) is 0 Å². The number of aliphatic hydroxyl groups is 1. The molecule has 3 N–H and O–H groups in total. The summed E-state index contributed by atoms with van der Waals surface area (Å²) in [7, 11) is 1.93. The molecule has 1 aliphatic rings. The van der Waals surface area contributed by atoms with Crippen molar-refractivity contribution < 1.29 is 19.0 Å². The molecule has 0 spiro atoms. The maximum absolute atomic E-state index is 14.3. The number of halogens is 1. The molecule has 0 saturated carbocycles. The van der Waals surface area contributed by atoms with Crippen LogP contribution in [0.25, 0.3) is 16.9 Å². The first kappa shape index (κ1) is 25.9. The van der Waals surface area contributed by atoms with Gasteiger partial charge in [-0.1, -0.05) is 0 Å². The standard InChI is InChI=1S/C27H27FN8O3/c1-27(2,38)24(28)15-32-26(37)19-14-30-21(22-5-4-18-8-16(11-29)12-33-36(18)22)10-20(19)34-17-9-23-25(31-13-17)35(3)6-7-39-23/h4-5,8-10,12-14,24,38H,6-7,15H2,1-3H3,(H,30,34)(H,32,37). The molecular weight excluding hydrogens is 503 g/mol. The molecule has 4 aromatic heterocycles. The van der Waals surface area contributed by atoms with Gasteiger partial charge in [0.1, 0.15) is 18.8 Å². The van der Waals surface area contributed by atoms with Crippen LogP contribution < -0.4 is 20.3 Å². The Bertz CT molecular complexity index is 1590. The lowest BCUT2D eigenvalue weighted by molar-refractivity contribution is -0.00177. The van der Waals surface area contributed by atoms with E-state index in [1.165, 1.54) is 26.2 Å². The van der Waals surface area contributed by atoms with Gasteiger partial charge in [-0.25, -0.2) is 13.9 Å². The van der Waals surface area contributed by atoms with Crippen LogP contribution in [0.1, 0.15) is 29.8 Å². The highest BCUT2D eigenvalue weighted by atomic mass is 19.1. The highest BCUT2D eigenvalue weighted by molar-refractivity contribution is 6.00. The number of alkyl halides is 1. The zero-order chi connectivity index (χ0) is 27.7. The molecule has 0 aromatic carbocycles. The molecular formula is C27H27FN8O3. The van der Waals surface area contributed by atoms with Crippen molar-refractivity contribution in [1.82, 2.24) is 24.9 Å². The van der Waals surface area contributed by atoms with Crippen LogP contribution >= 0.6 is 0 Å². The lowest BCUT2D eigenvalue weighted by Crippen LogP contribution is -2.42. The zero-order valence-corrected chi connectivity index (χ0v) is 21.6. The predicted molar refractivity (Wildman–Crippen MR) is 143 cm³/mol. The molecule has 0 bridgehead atoms. The second kappa shape index (κ2) is 10.2. The van der Waals surface area contributed by atoms with Crippen molar-refractivity contribution in [3.63, 3.8) is 0 Å². The number of aromatic nitrogens is 4. The number of nitrogens with one attached hydrogen (secondary N) is 2. The van der Waals surface area contributed by atoms with Crippen LogP contribution in [0.15, 0.2) is 48.9 Å². The lowest BCUT2D eigenvalue weighted by Gasteiger charge is -2.26. The number of nitrogens with zero attached hydrogens (tertiary/aromatic N) is 6. The summed E-state index contributed by atoms with van der Waals surface area (Å²) in [5.41, 5.74) is 1.82. The van der Waals surface area contributed by atoms with E-state index < -0.39 is 17.7 Å². The molecule has 1 atom stereocenters. The van der Waals surface area contributed by atoms with E-state index in [0.29, 0.717) is 52.0 Å². The van der Waals surface area contributed by atoms with Crippen molar-refractivity contribution in [2.45, 2.75) is 25.6 Å². The molecule has 5 heterocycles. The molecule has 39 heavy (non-hydrogen) atoms. The van der Waals surface area contributed by atoms with E-state index in [9.17, 15) is 19.6 Å². The normalized spacial score (nSPS) is 13.8. The lowest BCUT2D eigenvalue weighted by atomic mass is 10.0. The van der Waals surface area contributed by atoms with Gasteiger partial charge >= 0.3 is 0 Å². The van der Waals surface area contributed by atoms with E-state index in [1.54, 1.807) is 28.9 Å². The van der Waals surface area contributed by atoms with Crippen molar-refractivity contribution >= 4 is 28.6 Å². The van der Waals surface area contributed by atoms with Gasteiger partial charge in [0.05, 0.1) is 70.5 Å². The largest absolute Gasteiger partial charge is 0.488 e. The number of nitriles is 1. The monoisotopic (exact) mass is 530 g/mol. The third kappa shape index (κ3) is 5.30. The van der Waals surface area contributed by atoms with Crippen LogP contribution in [0.4, 0.5) is 21.6 Å². The first-order valence-corrected chi connectivity index (χ1v) is 12.3. The molecule has 5 rings (SSSR count). The van der Waals surface area contributed by atoms with Crippen molar-refractivity contribution in [1.29, 1.82) is 5.26 Å². The molecule has 1 unspecified atom stereocenters. The topological polar surface area (TPSA) is 141 Å². The average molecular weight is 531 g/mol.